The lowest BCUT2D eigenvalue weighted by molar-refractivity contribution is 0.133. The highest BCUT2D eigenvalue weighted by Gasteiger charge is 2.35. The average molecular weight is 318 g/mol. The van der Waals surface area contributed by atoms with Crippen molar-refractivity contribution in [2.75, 3.05) is 0 Å². The maximum Gasteiger partial charge on any atom is 0.129 e. The highest BCUT2D eigenvalue weighted by molar-refractivity contribution is 5.29. The van der Waals surface area contributed by atoms with E-state index in [0.717, 1.165) is 36.2 Å². The number of halogens is 2. The summed E-state index contributed by atoms with van der Waals surface area (Å²) in [7, 11) is 0. The molecule has 0 saturated heterocycles. The first kappa shape index (κ1) is 16.7. The van der Waals surface area contributed by atoms with Crippen molar-refractivity contribution in [3.8, 4) is 0 Å². The molecule has 2 aliphatic rings. The van der Waals surface area contributed by atoms with Gasteiger partial charge in [0.05, 0.1) is 0 Å². The van der Waals surface area contributed by atoms with Crippen LogP contribution in [0.25, 0.3) is 0 Å². The molecule has 0 aromatic heterocycles. The third-order valence-electron chi connectivity index (χ3n) is 6.11. The molecule has 0 radical (unpaired) electrons. The molecular formula is C21H28F2. The minimum Gasteiger partial charge on any atom is -0.207 e. The van der Waals surface area contributed by atoms with Crippen molar-refractivity contribution in [3.05, 3.63) is 47.0 Å². The topological polar surface area (TPSA) is 0 Å². The normalized spacial score (nSPS) is 31.3. The zero-order valence-electron chi connectivity index (χ0n) is 14.3. The molecule has 2 saturated carbocycles. The van der Waals surface area contributed by atoms with Crippen molar-refractivity contribution in [3.63, 3.8) is 0 Å². The van der Waals surface area contributed by atoms with Crippen LogP contribution in [0.3, 0.4) is 0 Å². The number of fused-ring (bicyclic) bond motifs is 1. The van der Waals surface area contributed by atoms with Crippen molar-refractivity contribution in [2.45, 2.75) is 64.7 Å². The van der Waals surface area contributed by atoms with Crippen molar-refractivity contribution < 1.29 is 8.78 Å². The van der Waals surface area contributed by atoms with Gasteiger partial charge in [-0.2, -0.15) is 0 Å². The fourth-order valence-corrected chi connectivity index (χ4v) is 4.87. The fraction of sp³-hybridized carbons (Fsp3) is 0.619. The first-order valence-corrected chi connectivity index (χ1v) is 9.23. The molecular weight excluding hydrogens is 290 g/mol. The van der Waals surface area contributed by atoms with Gasteiger partial charge in [-0.25, -0.2) is 8.78 Å². The SMILES string of the molecule is CC=CC1CCC2CC(c3cc(F)c(CC)c(F)c3)CCC2C1. The lowest BCUT2D eigenvalue weighted by Gasteiger charge is -2.42. The summed E-state index contributed by atoms with van der Waals surface area (Å²) in [6, 6.07) is 3.19. The van der Waals surface area contributed by atoms with Gasteiger partial charge in [-0.1, -0.05) is 19.1 Å². The molecule has 1 aromatic rings. The molecule has 2 aliphatic carbocycles. The molecule has 4 unspecified atom stereocenters. The van der Waals surface area contributed by atoms with Gasteiger partial charge in [0.2, 0.25) is 0 Å². The smallest absolute Gasteiger partial charge is 0.129 e. The Labute approximate surface area is 139 Å². The lowest BCUT2D eigenvalue weighted by Crippen LogP contribution is -2.30. The van der Waals surface area contributed by atoms with Gasteiger partial charge < -0.3 is 0 Å². The van der Waals surface area contributed by atoms with Gasteiger partial charge in [0, 0.05) is 5.56 Å². The Morgan fingerprint density at radius 1 is 1.00 bits per heavy atom. The largest absolute Gasteiger partial charge is 0.207 e. The molecule has 0 aliphatic heterocycles. The zero-order valence-corrected chi connectivity index (χ0v) is 14.3. The van der Waals surface area contributed by atoms with Gasteiger partial charge in [-0.05, 0) is 93.2 Å². The van der Waals surface area contributed by atoms with Gasteiger partial charge in [-0.15, -0.1) is 0 Å². The maximum atomic E-state index is 14.1. The molecule has 0 N–H and O–H groups in total. The number of rotatable bonds is 3. The Morgan fingerprint density at radius 2 is 1.65 bits per heavy atom. The first-order chi connectivity index (χ1) is 11.1. The predicted octanol–water partition coefficient (Wildman–Crippen LogP) is 6.40. The Hall–Kier alpha value is -1.18. The highest BCUT2D eigenvalue weighted by atomic mass is 19.1. The second kappa shape index (κ2) is 7.15. The van der Waals surface area contributed by atoms with Gasteiger partial charge in [0.15, 0.2) is 0 Å². The van der Waals surface area contributed by atoms with Gasteiger partial charge in [0.25, 0.3) is 0 Å². The summed E-state index contributed by atoms with van der Waals surface area (Å²) in [5.74, 6) is 1.92. The van der Waals surface area contributed by atoms with Crippen LogP contribution in [0.4, 0.5) is 8.78 Å². The summed E-state index contributed by atoms with van der Waals surface area (Å²) in [6.07, 6.45) is 12.2. The van der Waals surface area contributed by atoms with Crippen LogP contribution < -0.4 is 0 Å². The maximum absolute atomic E-state index is 14.1. The molecule has 0 bridgehead atoms. The Kier molecular flexibility index (Phi) is 5.18. The van der Waals surface area contributed by atoms with E-state index in [-0.39, 0.29) is 17.2 Å². The Bertz CT molecular complexity index is 552. The summed E-state index contributed by atoms with van der Waals surface area (Å²) in [5.41, 5.74) is 1.11. The number of benzene rings is 1. The van der Waals surface area contributed by atoms with E-state index in [1.165, 1.54) is 25.7 Å². The molecule has 4 atom stereocenters. The van der Waals surface area contributed by atoms with Crippen molar-refractivity contribution in [1.29, 1.82) is 0 Å². The van der Waals surface area contributed by atoms with Crippen LogP contribution in [0, 0.1) is 29.4 Å². The third-order valence-corrected chi connectivity index (χ3v) is 6.11. The standard InChI is InChI=1S/C21H28F2/c1-3-5-14-6-7-16-11-17(9-8-15(16)10-14)18-12-20(22)19(4-2)21(23)13-18/h3,5,12-17H,4,6-11H2,1-2H3. The summed E-state index contributed by atoms with van der Waals surface area (Å²) in [6.45, 7) is 3.90. The van der Waals surface area contributed by atoms with E-state index in [9.17, 15) is 8.78 Å². The second-order valence-corrected chi connectivity index (χ2v) is 7.45. The van der Waals surface area contributed by atoms with E-state index in [4.69, 9.17) is 0 Å². The van der Waals surface area contributed by atoms with Crippen LogP contribution in [0.1, 0.15) is 69.4 Å². The minimum atomic E-state index is -0.360. The summed E-state index contributed by atoms with van der Waals surface area (Å²) >= 11 is 0. The van der Waals surface area contributed by atoms with E-state index in [0.29, 0.717) is 12.3 Å². The molecule has 23 heavy (non-hydrogen) atoms. The molecule has 126 valence electrons. The lowest BCUT2D eigenvalue weighted by atomic mass is 9.64. The minimum absolute atomic E-state index is 0.231. The van der Waals surface area contributed by atoms with Crippen LogP contribution in [0.5, 0.6) is 0 Å². The Morgan fingerprint density at radius 3 is 2.30 bits per heavy atom. The van der Waals surface area contributed by atoms with Crippen LogP contribution in [-0.2, 0) is 6.42 Å². The molecule has 0 nitrogen and oxygen atoms in total. The molecule has 3 rings (SSSR count). The quantitative estimate of drug-likeness (QED) is 0.565. The molecule has 1 aromatic carbocycles. The monoisotopic (exact) mass is 318 g/mol. The van der Waals surface area contributed by atoms with E-state index >= 15 is 0 Å². The highest BCUT2D eigenvalue weighted by Crippen LogP contribution is 2.48. The summed E-state index contributed by atoms with van der Waals surface area (Å²) in [4.78, 5) is 0. The van der Waals surface area contributed by atoms with Gasteiger partial charge in [-0.3, -0.25) is 0 Å². The van der Waals surface area contributed by atoms with Gasteiger partial charge >= 0.3 is 0 Å². The Balaban J connectivity index is 1.71. The number of allylic oxidation sites excluding steroid dienone is 2. The fourth-order valence-electron chi connectivity index (χ4n) is 4.87. The zero-order chi connectivity index (χ0) is 16.4. The van der Waals surface area contributed by atoms with Crippen molar-refractivity contribution in [2.24, 2.45) is 17.8 Å². The molecule has 0 heterocycles. The molecule has 0 amide bonds. The molecule has 0 spiro atoms. The van der Waals surface area contributed by atoms with E-state index in [1.54, 1.807) is 19.1 Å². The molecule has 2 heteroatoms. The van der Waals surface area contributed by atoms with Crippen LogP contribution >= 0.6 is 0 Å². The molecule has 2 fully saturated rings. The summed E-state index contributed by atoms with van der Waals surface area (Å²) in [5, 5.41) is 0. The first-order valence-electron chi connectivity index (χ1n) is 9.23. The summed E-state index contributed by atoms with van der Waals surface area (Å²) < 4.78 is 28.2. The number of hydrogen-bond acceptors (Lipinski definition) is 0. The second-order valence-electron chi connectivity index (χ2n) is 7.45. The van der Waals surface area contributed by atoms with E-state index in [2.05, 4.69) is 19.1 Å². The van der Waals surface area contributed by atoms with E-state index < -0.39 is 0 Å². The van der Waals surface area contributed by atoms with Crippen molar-refractivity contribution >= 4 is 0 Å². The van der Waals surface area contributed by atoms with E-state index in [1.807, 2.05) is 0 Å². The number of hydrogen-bond donors (Lipinski definition) is 0. The van der Waals surface area contributed by atoms with Crippen molar-refractivity contribution in [1.82, 2.24) is 0 Å². The average Bonchev–Trinajstić information content (AvgIpc) is 2.54. The predicted molar refractivity (Wildman–Crippen MR) is 91.5 cm³/mol. The van der Waals surface area contributed by atoms with Crippen LogP contribution in [0.15, 0.2) is 24.3 Å². The van der Waals surface area contributed by atoms with Crippen LogP contribution in [-0.4, -0.2) is 0 Å². The van der Waals surface area contributed by atoms with Crippen LogP contribution in [0.2, 0.25) is 0 Å². The third kappa shape index (κ3) is 3.51. The van der Waals surface area contributed by atoms with Gasteiger partial charge in [0.1, 0.15) is 11.6 Å².